The molecule has 0 spiro atoms. The van der Waals surface area contributed by atoms with Gasteiger partial charge in [-0.25, -0.2) is 12.8 Å². The van der Waals surface area contributed by atoms with Crippen molar-refractivity contribution in [1.82, 2.24) is 0 Å². The van der Waals surface area contributed by atoms with Gasteiger partial charge in [0.25, 0.3) is 0 Å². The van der Waals surface area contributed by atoms with Crippen LogP contribution in [0.2, 0.25) is 5.02 Å². The minimum Gasteiger partial charge on any atom is -0.489 e. The van der Waals surface area contributed by atoms with Gasteiger partial charge in [0.1, 0.15) is 12.4 Å². The maximum Gasteiger partial charge on any atom is 0.416 e. The lowest BCUT2D eigenvalue weighted by molar-refractivity contribution is -0.137. The second-order valence-electron chi connectivity index (χ2n) is 4.89. The quantitative estimate of drug-likeness (QED) is 0.739. The summed E-state index contributed by atoms with van der Waals surface area (Å²) in [7, 11) is -4.05. The number of para-hydroxylation sites is 1. The molecule has 2 aromatic rings. The first-order chi connectivity index (χ1) is 11.6. The van der Waals surface area contributed by atoms with Gasteiger partial charge in [-0.1, -0.05) is 23.7 Å². The molecule has 0 saturated carbocycles. The van der Waals surface area contributed by atoms with Crippen molar-refractivity contribution in [3.05, 3.63) is 58.9 Å². The van der Waals surface area contributed by atoms with E-state index >= 15 is 0 Å². The molecule has 10 heteroatoms. The largest absolute Gasteiger partial charge is 0.489 e. The lowest BCUT2D eigenvalue weighted by Crippen LogP contribution is -2.22. The highest BCUT2D eigenvalue weighted by Gasteiger charge is 2.31. The van der Waals surface area contributed by atoms with Gasteiger partial charge in [-0.15, -0.1) is 0 Å². The smallest absolute Gasteiger partial charge is 0.416 e. The summed E-state index contributed by atoms with van der Waals surface area (Å²) < 4.78 is 82.3. The predicted octanol–water partition coefficient (Wildman–Crippen LogP) is 4.32. The van der Waals surface area contributed by atoms with E-state index in [1.807, 2.05) is 4.72 Å². The van der Waals surface area contributed by atoms with E-state index in [0.29, 0.717) is 6.07 Å². The molecule has 0 radical (unpaired) electrons. The van der Waals surface area contributed by atoms with Crippen LogP contribution in [0.5, 0.6) is 5.75 Å². The van der Waals surface area contributed by atoms with E-state index in [4.69, 9.17) is 16.3 Å². The van der Waals surface area contributed by atoms with Gasteiger partial charge in [0.05, 0.1) is 16.3 Å². The average Bonchev–Trinajstić information content (AvgIpc) is 2.50. The summed E-state index contributed by atoms with van der Waals surface area (Å²) in [5.74, 6) is -1.39. The summed E-state index contributed by atoms with van der Waals surface area (Å²) in [6.45, 7) is -0.396. The van der Waals surface area contributed by atoms with Crippen LogP contribution < -0.4 is 9.46 Å². The van der Waals surface area contributed by atoms with E-state index in [9.17, 15) is 26.0 Å². The first kappa shape index (κ1) is 19.3. The topological polar surface area (TPSA) is 55.4 Å². The molecule has 2 rings (SSSR count). The lowest BCUT2D eigenvalue weighted by Gasteiger charge is -2.13. The van der Waals surface area contributed by atoms with Gasteiger partial charge >= 0.3 is 6.18 Å². The number of rotatable bonds is 6. The molecule has 0 fully saturated rings. The molecular weight excluding hydrogens is 386 g/mol. The highest BCUT2D eigenvalue weighted by atomic mass is 35.5. The van der Waals surface area contributed by atoms with Crippen LogP contribution in [0.1, 0.15) is 5.56 Å². The molecule has 0 aliphatic rings. The Morgan fingerprint density at radius 1 is 1.12 bits per heavy atom. The SMILES string of the molecule is O=S(=O)(CCOc1ccccc1F)Nc1cc(C(F)(F)F)ccc1Cl. The van der Waals surface area contributed by atoms with Gasteiger partial charge in [0.15, 0.2) is 11.6 Å². The monoisotopic (exact) mass is 397 g/mol. The van der Waals surface area contributed by atoms with Gasteiger partial charge in [-0.2, -0.15) is 13.2 Å². The first-order valence-corrected chi connectivity index (χ1v) is 8.86. The Labute approximate surface area is 146 Å². The molecule has 0 saturated heterocycles. The van der Waals surface area contributed by atoms with Crippen molar-refractivity contribution in [2.24, 2.45) is 0 Å². The summed E-state index contributed by atoms with van der Waals surface area (Å²) in [5.41, 5.74) is -1.44. The third-order valence-electron chi connectivity index (χ3n) is 3.01. The first-order valence-electron chi connectivity index (χ1n) is 6.83. The zero-order valence-corrected chi connectivity index (χ0v) is 14.1. The molecule has 0 aromatic heterocycles. The fraction of sp³-hybridized carbons (Fsp3) is 0.200. The van der Waals surface area contributed by atoms with Gasteiger partial charge in [-0.3, -0.25) is 4.72 Å². The van der Waals surface area contributed by atoms with Gasteiger partial charge in [-0.05, 0) is 30.3 Å². The van der Waals surface area contributed by atoms with Crippen LogP contribution in [0, 0.1) is 5.82 Å². The molecular formula is C15H12ClF4NO3S. The highest BCUT2D eigenvalue weighted by molar-refractivity contribution is 7.92. The fourth-order valence-electron chi connectivity index (χ4n) is 1.82. The maximum atomic E-state index is 13.4. The minimum absolute atomic E-state index is 0.130. The Kier molecular flexibility index (Phi) is 5.79. The van der Waals surface area contributed by atoms with Crippen molar-refractivity contribution in [3.8, 4) is 5.75 Å². The molecule has 136 valence electrons. The Balaban J connectivity index is 2.05. The number of hydrogen-bond acceptors (Lipinski definition) is 3. The second kappa shape index (κ2) is 7.49. The summed E-state index contributed by atoms with van der Waals surface area (Å²) in [5, 5.41) is -0.188. The third kappa shape index (κ3) is 5.50. The number of halogens is 5. The fourth-order valence-corrected chi connectivity index (χ4v) is 2.95. The van der Waals surface area contributed by atoms with E-state index in [0.717, 1.165) is 18.2 Å². The second-order valence-corrected chi connectivity index (χ2v) is 7.14. The number of hydrogen-bond donors (Lipinski definition) is 1. The number of ether oxygens (including phenoxy) is 1. The van der Waals surface area contributed by atoms with Crippen molar-refractivity contribution >= 4 is 27.3 Å². The predicted molar refractivity (Wildman–Crippen MR) is 85.8 cm³/mol. The van der Waals surface area contributed by atoms with Crippen molar-refractivity contribution in [3.63, 3.8) is 0 Å². The third-order valence-corrected chi connectivity index (χ3v) is 4.57. The number of benzene rings is 2. The van der Waals surface area contributed by atoms with E-state index in [1.165, 1.54) is 18.2 Å². The number of alkyl halides is 3. The molecule has 0 heterocycles. The van der Waals surface area contributed by atoms with Crippen molar-refractivity contribution < 1.29 is 30.7 Å². The van der Waals surface area contributed by atoms with Crippen LogP contribution in [0.25, 0.3) is 0 Å². The van der Waals surface area contributed by atoms with Crippen LogP contribution >= 0.6 is 11.6 Å². The summed E-state index contributed by atoms with van der Waals surface area (Å²) >= 11 is 5.73. The molecule has 0 atom stereocenters. The van der Waals surface area contributed by atoms with Gasteiger partial charge < -0.3 is 4.74 Å². The Morgan fingerprint density at radius 2 is 1.80 bits per heavy atom. The Hall–Kier alpha value is -2.00. The van der Waals surface area contributed by atoms with E-state index in [2.05, 4.69) is 0 Å². The van der Waals surface area contributed by atoms with Crippen molar-refractivity contribution in [1.29, 1.82) is 0 Å². The zero-order valence-electron chi connectivity index (χ0n) is 12.5. The molecule has 1 N–H and O–H groups in total. The van der Waals surface area contributed by atoms with E-state index in [1.54, 1.807) is 0 Å². The van der Waals surface area contributed by atoms with Crippen molar-refractivity contribution in [2.75, 3.05) is 17.1 Å². The van der Waals surface area contributed by atoms with Crippen LogP contribution in [-0.4, -0.2) is 20.8 Å². The molecule has 0 bridgehead atoms. The Bertz CT molecular complexity index is 856. The van der Waals surface area contributed by atoms with Crippen molar-refractivity contribution in [2.45, 2.75) is 6.18 Å². The minimum atomic E-state index is -4.64. The molecule has 25 heavy (non-hydrogen) atoms. The number of nitrogens with one attached hydrogen (secondary N) is 1. The lowest BCUT2D eigenvalue weighted by atomic mass is 10.2. The maximum absolute atomic E-state index is 13.4. The standard InChI is InChI=1S/C15H12ClF4NO3S/c16-11-6-5-10(15(18,19)20)9-13(11)21-25(22,23)8-7-24-14-4-2-1-3-12(14)17/h1-6,9,21H,7-8H2. The van der Waals surface area contributed by atoms with E-state index in [-0.39, 0.29) is 10.8 Å². The van der Waals surface area contributed by atoms with Crippen LogP contribution in [0.4, 0.5) is 23.2 Å². The summed E-state index contributed by atoms with van der Waals surface area (Å²) in [6.07, 6.45) is -4.64. The molecule has 4 nitrogen and oxygen atoms in total. The van der Waals surface area contributed by atoms with Gasteiger partial charge in [0, 0.05) is 0 Å². The molecule has 2 aromatic carbocycles. The zero-order chi connectivity index (χ0) is 18.7. The normalized spacial score (nSPS) is 12.0. The number of anilines is 1. The Morgan fingerprint density at radius 3 is 2.44 bits per heavy atom. The summed E-state index contributed by atoms with van der Waals surface area (Å²) in [6, 6.07) is 7.68. The average molecular weight is 398 g/mol. The van der Waals surface area contributed by atoms with Crippen LogP contribution in [0.15, 0.2) is 42.5 Å². The summed E-state index contributed by atoms with van der Waals surface area (Å²) in [4.78, 5) is 0. The molecule has 0 unspecified atom stereocenters. The van der Waals surface area contributed by atoms with Crippen LogP contribution in [0.3, 0.4) is 0 Å². The van der Waals surface area contributed by atoms with Crippen LogP contribution in [-0.2, 0) is 16.2 Å². The highest BCUT2D eigenvalue weighted by Crippen LogP contribution is 2.34. The molecule has 0 aliphatic heterocycles. The van der Waals surface area contributed by atoms with E-state index < -0.39 is 45.6 Å². The number of sulfonamides is 1. The molecule has 0 amide bonds. The molecule has 0 aliphatic carbocycles. The van der Waals surface area contributed by atoms with Gasteiger partial charge in [0.2, 0.25) is 10.0 Å².